The van der Waals surface area contributed by atoms with E-state index in [0.717, 1.165) is 6.42 Å². The second-order valence-electron chi connectivity index (χ2n) is 4.97. The van der Waals surface area contributed by atoms with E-state index in [4.69, 9.17) is 14.9 Å². The molecule has 20 heavy (non-hydrogen) atoms. The number of hydrogen-bond donors (Lipinski definition) is 2. The quantitative estimate of drug-likeness (QED) is 0.822. The molecule has 0 fully saturated rings. The topological polar surface area (TPSA) is 83.8 Å². The van der Waals surface area contributed by atoms with Crippen molar-refractivity contribution < 1.29 is 24.5 Å². The Morgan fingerprint density at radius 3 is 2.25 bits per heavy atom. The summed E-state index contributed by atoms with van der Waals surface area (Å²) in [6, 6.07) is 2.71. The Morgan fingerprint density at radius 1 is 1.20 bits per heavy atom. The van der Waals surface area contributed by atoms with Gasteiger partial charge in [0.2, 0.25) is 0 Å². The van der Waals surface area contributed by atoms with E-state index in [0.29, 0.717) is 11.7 Å². The number of hydrogen-bond acceptors (Lipinski definition) is 3. The van der Waals surface area contributed by atoms with Gasteiger partial charge in [-0.15, -0.1) is 0 Å². The minimum atomic E-state index is -1.31. The smallest absolute Gasteiger partial charge is 0.337 e. The number of carboxylic acids is 2. The Bertz CT molecular complexity index is 525. The maximum atomic E-state index is 11.2. The van der Waals surface area contributed by atoms with Gasteiger partial charge >= 0.3 is 11.9 Å². The highest BCUT2D eigenvalue weighted by molar-refractivity contribution is 9.10. The molecule has 6 heteroatoms. The van der Waals surface area contributed by atoms with Gasteiger partial charge < -0.3 is 14.9 Å². The van der Waals surface area contributed by atoms with Crippen LogP contribution in [0.3, 0.4) is 0 Å². The summed E-state index contributed by atoms with van der Waals surface area (Å²) in [5, 5.41) is 18.2. The number of rotatable bonds is 6. The molecular weight excluding hydrogens is 328 g/mol. The van der Waals surface area contributed by atoms with Crippen LogP contribution in [0.2, 0.25) is 0 Å². The zero-order valence-corrected chi connectivity index (χ0v) is 13.1. The average Bonchev–Trinajstić information content (AvgIpc) is 2.29. The molecule has 1 unspecified atom stereocenters. The molecule has 1 aromatic rings. The molecule has 110 valence electrons. The molecule has 0 radical (unpaired) electrons. The summed E-state index contributed by atoms with van der Waals surface area (Å²) in [4.78, 5) is 22.2. The van der Waals surface area contributed by atoms with Crippen LogP contribution in [-0.4, -0.2) is 28.3 Å². The van der Waals surface area contributed by atoms with Crippen LogP contribution in [0.4, 0.5) is 0 Å². The van der Waals surface area contributed by atoms with Crippen LogP contribution in [0, 0.1) is 5.92 Å². The maximum absolute atomic E-state index is 11.2. The number of carboxylic acid groups (broad SMARTS) is 2. The predicted octanol–water partition coefficient (Wildman–Crippen LogP) is 3.66. The van der Waals surface area contributed by atoms with E-state index >= 15 is 0 Å². The molecule has 0 aromatic heterocycles. The van der Waals surface area contributed by atoms with Gasteiger partial charge in [-0.25, -0.2) is 9.59 Å². The fourth-order valence-electron chi connectivity index (χ4n) is 1.96. The molecule has 0 bridgehead atoms. The van der Waals surface area contributed by atoms with E-state index in [1.54, 1.807) is 0 Å². The van der Waals surface area contributed by atoms with Gasteiger partial charge in [0.1, 0.15) is 5.75 Å². The number of halogens is 1. The molecule has 0 aliphatic carbocycles. The highest BCUT2D eigenvalue weighted by atomic mass is 79.9. The fraction of sp³-hybridized carbons (Fsp3) is 0.429. The van der Waals surface area contributed by atoms with E-state index < -0.39 is 11.9 Å². The van der Waals surface area contributed by atoms with Crippen LogP contribution in [0.15, 0.2) is 16.6 Å². The van der Waals surface area contributed by atoms with Crippen molar-refractivity contribution in [1.29, 1.82) is 0 Å². The van der Waals surface area contributed by atoms with Gasteiger partial charge in [-0.2, -0.15) is 0 Å². The summed E-state index contributed by atoms with van der Waals surface area (Å²) in [5.74, 6) is -1.82. The van der Waals surface area contributed by atoms with Gasteiger partial charge in [0.05, 0.1) is 21.7 Å². The molecule has 0 amide bonds. The molecule has 2 N–H and O–H groups in total. The Kier molecular flexibility index (Phi) is 5.56. The largest absolute Gasteiger partial charge is 0.490 e. The van der Waals surface area contributed by atoms with Crippen LogP contribution in [0.1, 0.15) is 47.9 Å². The van der Waals surface area contributed by atoms with Crippen molar-refractivity contribution in [3.8, 4) is 5.75 Å². The first-order valence-electron chi connectivity index (χ1n) is 6.19. The number of aromatic carboxylic acids is 2. The van der Waals surface area contributed by atoms with Gasteiger partial charge in [-0.1, -0.05) is 13.8 Å². The number of benzene rings is 1. The van der Waals surface area contributed by atoms with Gasteiger partial charge in [0.25, 0.3) is 0 Å². The highest BCUT2D eigenvalue weighted by Crippen LogP contribution is 2.32. The summed E-state index contributed by atoms with van der Waals surface area (Å²) >= 11 is 3.13. The third kappa shape index (κ3) is 3.96. The molecule has 1 atom stereocenters. The molecule has 0 spiro atoms. The minimum absolute atomic E-state index is 0.0939. The SMILES string of the molecule is CC(C)CC(C)Oc1ccc(C(=O)O)c(C(=O)O)c1Br. The van der Waals surface area contributed by atoms with Crippen molar-refractivity contribution in [2.75, 3.05) is 0 Å². The summed E-state index contributed by atoms with van der Waals surface area (Å²) in [6.45, 7) is 6.01. The molecule has 0 aliphatic heterocycles. The molecule has 0 saturated carbocycles. The first kappa shape index (κ1) is 16.5. The lowest BCUT2D eigenvalue weighted by Gasteiger charge is -2.18. The monoisotopic (exact) mass is 344 g/mol. The highest BCUT2D eigenvalue weighted by Gasteiger charge is 2.23. The van der Waals surface area contributed by atoms with E-state index in [1.807, 2.05) is 6.92 Å². The Balaban J connectivity index is 3.15. The summed E-state index contributed by atoms with van der Waals surface area (Å²) in [6.07, 6.45) is 0.721. The summed E-state index contributed by atoms with van der Waals surface area (Å²) < 4.78 is 5.83. The van der Waals surface area contributed by atoms with Gasteiger partial charge in [0.15, 0.2) is 0 Å². The lowest BCUT2D eigenvalue weighted by atomic mass is 10.1. The minimum Gasteiger partial charge on any atom is -0.490 e. The summed E-state index contributed by atoms with van der Waals surface area (Å²) in [7, 11) is 0. The van der Waals surface area contributed by atoms with Crippen molar-refractivity contribution >= 4 is 27.9 Å². The Morgan fingerprint density at radius 2 is 1.80 bits per heavy atom. The van der Waals surface area contributed by atoms with Crippen LogP contribution in [0.25, 0.3) is 0 Å². The van der Waals surface area contributed by atoms with Crippen LogP contribution in [-0.2, 0) is 0 Å². The van der Waals surface area contributed by atoms with Crippen LogP contribution >= 0.6 is 15.9 Å². The lowest BCUT2D eigenvalue weighted by Crippen LogP contribution is -2.16. The van der Waals surface area contributed by atoms with Crippen molar-refractivity contribution in [2.24, 2.45) is 5.92 Å². The molecule has 0 aliphatic rings. The number of carbonyl (C=O) groups is 2. The van der Waals surface area contributed by atoms with E-state index in [1.165, 1.54) is 12.1 Å². The zero-order valence-electron chi connectivity index (χ0n) is 11.5. The standard InChI is InChI=1S/C14H17BrO5/c1-7(2)6-8(3)20-10-5-4-9(13(16)17)11(12(10)15)14(18)19/h4-5,7-8H,6H2,1-3H3,(H,16,17)(H,18,19). The van der Waals surface area contributed by atoms with Gasteiger partial charge in [-0.3, -0.25) is 0 Å². The Hall–Kier alpha value is -1.56. The van der Waals surface area contributed by atoms with Gasteiger partial charge in [-0.05, 0) is 47.3 Å². The van der Waals surface area contributed by atoms with Crippen molar-refractivity contribution in [3.63, 3.8) is 0 Å². The van der Waals surface area contributed by atoms with Crippen LogP contribution in [0.5, 0.6) is 5.75 Å². The maximum Gasteiger partial charge on any atom is 0.337 e. The molecule has 0 saturated heterocycles. The third-order valence-electron chi connectivity index (χ3n) is 2.68. The van der Waals surface area contributed by atoms with Crippen molar-refractivity contribution in [1.82, 2.24) is 0 Å². The molecule has 0 heterocycles. The fourth-order valence-corrected chi connectivity index (χ4v) is 2.57. The summed E-state index contributed by atoms with van der Waals surface area (Å²) in [5.41, 5.74) is -0.569. The normalized spacial score (nSPS) is 12.2. The lowest BCUT2D eigenvalue weighted by molar-refractivity contribution is 0.0650. The Labute approximate surface area is 125 Å². The first-order chi connectivity index (χ1) is 9.23. The first-order valence-corrected chi connectivity index (χ1v) is 6.99. The van der Waals surface area contributed by atoms with Gasteiger partial charge in [0, 0.05) is 0 Å². The number of ether oxygens (including phenoxy) is 1. The van der Waals surface area contributed by atoms with Crippen LogP contribution < -0.4 is 4.74 Å². The third-order valence-corrected chi connectivity index (χ3v) is 3.47. The second-order valence-corrected chi connectivity index (χ2v) is 5.76. The molecule has 1 rings (SSSR count). The predicted molar refractivity (Wildman–Crippen MR) is 77.6 cm³/mol. The van der Waals surface area contributed by atoms with E-state index in [9.17, 15) is 9.59 Å². The van der Waals surface area contributed by atoms with E-state index in [2.05, 4.69) is 29.8 Å². The van der Waals surface area contributed by atoms with Crippen molar-refractivity contribution in [3.05, 3.63) is 27.7 Å². The molecule has 5 nitrogen and oxygen atoms in total. The zero-order chi connectivity index (χ0) is 15.4. The molecular formula is C14H17BrO5. The second kappa shape index (κ2) is 6.74. The van der Waals surface area contributed by atoms with Crippen molar-refractivity contribution in [2.45, 2.75) is 33.3 Å². The average molecular weight is 345 g/mol. The molecule has 1 aromatic carbocycles. The van der Waals surface area contributed by atoms with E-state index in [-0.39, 0.29) is 21.7 Å².